The third-order valence-electron chi connectivity index (χ3n) is 3.68. The smallest absolute Gasteiger partial charge is 0.239 e. The van der Waals surface area contributed by atoms with Crippen molar-refractivity contribution in [3.63, 3.8) is 0 Å². The molecule has 0 aliphatic carbocycles. The van der Waals surface area contributed by atoms with Crippen molar-refractivity contribution in [2.75, 3.05) is 14.2 Å². The van der Waals surface area contributed by atoms with E-state index < -0.39 is 6.04 Å². The van der Waals surface area contributed by atoms with Crippen LogP contribution in [0.5, 0.6) is 11.5 Å². The van der Waals surface area contributed by atoms with E-state index in [0.717, 1.165) is 11.4 Å². The average molecular weight is 318 g/mol. The quantitative estimate of drug-likeness (QED) is 0.816. The molecule has 1 aromatic heterocycles. The first-order chi connectivity index (χ1) is 10.9. The fourth-order valence-electron chi connectivity index (χ4n) is 2.35. The van der Waals surface area contributed by atoms with Crippen molar-refractivity contribution in [2.24, 2.45) is 12.8 Å². The van der Waals surface area contributed by atoms with Crippen molar-refractivity contribution in [3.05, 3.63) is 42.0 Å². The Kier molecular flexibility index (Phi) is 5.23. The lowest BCUT2D eigenvalue weighted by molar-refractivity contribution is -0.131. The molecule has 0 fully saturated rings. The summed E-state index contributed by atoms with van der Waals surface area (Å²) in [5.41, 5.74) is 6.79. The highest BCUT2D eigenvalue weighted by atomic mass is 16.5. The van der Waals surface area contributed by atoms with Crippen LogP contribution in [0.25, 0.3) is 0 Å². The van der Waals surface area contributed by atoms with Crippen molar-refractivity contribution in [1.82, 2.24) is 14.5 Å². The van der Waals surface area contributed by atoms with Gasteiger partial charge < -0.3 is 25.0 Å². The lowest BCUT2D eigenvalue weighted by Crippen LogP contribution is -2.43. The Morgan fingerprint density at radius 1 is 1.52 bits per heavy atom. The zero-order valence-electron chi connectivity index (χ0n) is 13.6. The minimum absolute atomic E-state index is 0.0446. The predicted octanol–water partition coefficient (Wildman–Crippen LogP) is 0.663. The van der Waals surface area contributed by atoms with E-state index in [0.29, 0.717) is 18.7 Å². The van der Waals surface area contributed by atoms with Crippen LogP contribution in [0.3, 0.4) is 0 Å². The number of nitrogens with zero attached hydrogens (tertiary/aromatic N) is 3. The van der Waals surface area contributed by atoms with Gasteiger partial charge in [-0.15, -0.1) is 0 Å². The third-order valence-corrected chi connectivity index (χ3v) is 3.68. The van der Waals surface area contributed by atoms with Crippen molar-refractivity contribution in [2.45, 2.75) is 19.0 Å². The van der Waals surface area contributed by atoms with Crippen LogP contribution in [-0.2, 0) is 24.8 Å². The highest BCUT2D eigenvalue weighted by Crippen LogP contribution is 2.26. The molecule has 124 valence electrons. The summed E-state index contributed by atoms with van der Waals surface area (Å²) in [6.07, 6.45) is 3.87. The summed E-state index contributed by atoms with van der Waals surface area (Å²) in [7, 11) is 5.03. The number of rotatable bonds is 6. The normalized spacial score (nSPS) is 12.0. The number of likely N-dealkylation sites (N-methyl/N-ethyl adjacent to an activating group) is 1. The summed E-state index contributed by atoms with van der Waals surface area (Å²) in [5.74, 6) is 1.03. The number of hydrogen-bond acceptors (Lipinski definition) is 5. The molecular weight excluding hydrogens is 296 g/mol. The molecule has 0 radical (unpaired) electrons. The lowest BCUT2D eigenvalue weighted by Gasteiger charge is -2.21. The molecule has 7 nitrogen and oxygen atoms in total. The van der Waals surface area contributed by atoms with E-state index in [1.165, 1.54) is 12.0 Å². The average Bonchev–Trinajstić information content (AvgIpc) is 2.91. The Morgan fingerprint density at radius 2 is 2.26 bits per heavy atom. The topological polar surface area (TPSA) is 93.6 Å². The number of methoxy groups -OCH3 is 1. The second-order valence-corrected chi connectivity index (χ2v) is 5.47. The summed E-state index contributed by atoms with van der Waals surface area (Å²) >= 11 is 0. The maximum Gasteiger partial charge on any atom is 0.239 e. The first kappa shape index (κ1) is 16.8. The molecule has 1 heterocycles. The minimum atomic E-state index is -0.659. The van der Waals surface area contributed by atoms with Crippen molar-refractivity contribution in [1.29, 1.82) is 0 Å². The van der Waals surface area contributed by atoms with Crippen LogP contribution in [0, 0.1) is 0 Å². The van der Waals surface area contributed by atoms with Gasteiger partial charge in [0.05, 0.1) is 13.2 Å². The van der Waals surface area contributed by atoms with Gasteiger partial charge in [0.15, 0.2) is 11.5 Å². The Hall–Kier alpha value is -2.54. The molecule has 2 rings (SSSR count). The molecule has 0 saturated carbocycles. The number of aryl methyl sites for hydroxylation is 1. The van der Waals surface area contributed by atoms with E-state index in [9.17, 15) is 9.90 Å². The molecule has 7 heteroatoms. The van der Waals surface area contributed by atoms with Gasteiger partial charge in [0, 0.05) is 39.5 Å². The number of imidazole rings is 1. The maximum atomic E-state index is 12.4. The number of aromatic nitrogens is 2. The van der Waals surface area contributed by atoms with Gasteiger partial charge in [0.25, 0.3) is 0 Å². The van der Waals surface area contributed by atoms with Gasteiger partial charge in [-0.3, -0.25) is 4.79 Å². The number of aromatic hydroxyl groups is 1. The number of nitrogens with two attached hydrogens (primary N) is 1. The summed E-state index contributed by atoms with van der Waals surface area (Å²) < 4.78 is 6.84. The van der Waals surface area contributed by atoms with Crippen LogP contribution >= 0.6 is 0 Å². The Morgan fingerprint density at radius 3 is 2.83 bits per heavy atom. The molecule has 2 aromatic rings. The summed E-state index contributed by atoms with van der Waals surface area (Å²) in [6.45, 7) is 0.352. The molecule has 1 amide bonds. The molecule has 1 aromatic carbocycles. The number of carbonyl (C=O) groups excluding carboxylic acids is 1. The molecule has 0 saturated heterocycles. The van der Waals surface area contributed by atoms with E-state index in [4.69, 9.17) is 10.5 Å². The van der Waals surface area contributed by atoms with Crippen LogP contribution < -0.4 is 10.5 Å². The second-order valence-electron chi connectivity index (χ2n) is 5.47. The zero-order chi connectivity index (χ0) is 17.0. The van der Waals surface area contributed by atoms with Gasteiger partial charge in [-0.1, -0.05) is 6.07 Å². The van der Waals surface area contributed by atoms with Crippen molar-refractivity contribution >= 4 is 5.91 Å². The van der Waals surface area contributed by atoms with Gasteiger partial charge in [-0.2, -0.15) is 0 Å². The first-order valence-corrected chi connectivity index (χ1v) is 7.25. The lowest BCUT2D eigenvalue weighted by atomic mass is 10.1. The van der Waals surface area contributed by atoms with Crippen molar-refractivity contribution < 1.29 is 14.6 Å². The molecule has 23 heavy (non-hydrogen) atoms. The number of phenolic OH excluding ortho intramolecular Hbond substituents is 1. The number of carbonyl (C=O) groups is 1. The van der Waals surface area contributed by atoms with Crippen LogP contribution in [-0.4, -0.2) is 45.7 Å². The molecule has 0 spiro atoms. The maximum absolute atomic E-state index is 12.4. The highest BCUT2D eigenvalue weighted by Gasteiger charge is 2.20. The number of hydrogen-bond donors (Lipinski definition) is 2. The fraction of sp³-hybridized carbons (Fsp3) is 0.375. The number of amides is 1. The second kappa shape index (κ2) is 7.15. The van der Waals surface area contributed by atoms with Gasteiger partial charge in [0.1, 0.15) is 5.82 Å². The summed E-state index contributed by atoms with van der Waals surface area (Å²) in [6, 6.07) is 4.38. The first-order valence-electron chi connectivity index (χ1n) is 7.25. The monoisotopic (exact) mass is 318 g/mol. The van der Waals surface area contributed by atoms with Crippen LogP contribution in [0.1, 0.15) is 11.4 Å². The molecule has 0 aliphatic heterocycles. The Bertz CT molecular complexity index is 684. The standard InChI is InChI=1S/C16H22N4O3/c1-19-7-6-18-15(19)9-12(17)16(22)20(2)10-11-4-5-14(23-3)13(21)8-11/h4-8,12,21H,9-10,17H2,1-3H3. The molecule has 0 bridgehead atoms. The molecule has 1 atom stereocenters. The van der Waals surface area contributed by atoms with Gasteiger partial charge in [-0.05, 0) is 17.7 Å². The number of benzene rings is 1. The summed E-state index contributed by atoms with van der Waals surface area (Å²) in [5, 5.41) is 9.79. The van der Waals surface area contributed by atoms with Gasteiger partial charge in [0.2, 0.25) is 5.91 Å². The van der Waals surface area contributed by atoms with E-state index in [1.807, 2.05) is 17.8 Å². The van der Waals surface area contributed by atoms with E-state index >= 15 is 0 Å². The Balaban J connectivity index is 1.99. The van der Waals surface area contributed by atoms with Crippen molar-refractivity contribution in [3.8, 4) is 11.5 Å². The Labute approximate surface area is 135 Å². The zero-order valence-corrected chi connectivity index (χ0v) is 13.6. The fourth-order valence-corrected chi connectivity index (χ4v) is 2.35. The molecule has 0 aliphatic rings. The van der Waals surface area contributed by atoms with Crippen LogP contribution in [0.2, 0.25) is 0 Å². The SMILES string of the molecule is COc1ccc(CN(C)C(=O)C(N)Cc2nccn2C)cc1O. The summed E-state index contributed by atoms with van der Waals surface area (Å²) in [4.78, 5) is 18.1. The largest absolute Gasteiger partial charge is 0.504 e. The van der Waals surface area contributed by atoms with Crippen LogP contribution in [0.4, 0.5) is 0 Å². The van der Waals surface area contributed by atoms with E-state index in [2.05, 4.69) is 4.98 Å². The van der Waals surface area contributed by atoms with Gasteiger partial charge in [-0.25, -0.2) is 4.98 Å². The number of ether oxygens (including phenoxy) is 1. The van der Waals surface area contributed by atoms with E-state index in [-0.39, 0.29) is 11.7 Å². The number of phenols is 1. The highest BCUT2D eigenvalue weighted by molar-refractivity contribution is 5.81. The molecular formula is C16H22N4O3. The molecule has 1 unspecified atom stereocenters. The molecule has 3 N–H and O–H groups in total. The third kappa shape index (κ3) is 4.01. The minimum Gasteiger partial charge on any atom is -0.504 e. The van der Waals surface area contributed by atoms with Gasteiger partial charge >= 0.3 is 0 Å². The van der Waals surface area contributed by atoms with Crippen LogP contribution in [0.15, 0.2) is 30.6 Å². The predicted molar refractivity (Wildman–Crippen MR) is 86.0 cm³/mol. The van der Waals surface area contributed by atoms with E-state index in [1.54, 1.807) is 31.4 Å².